The summed E-state index contributed by atoms with van der Waals surface area (Å²) < 4.78 is 11.7. The lowest BCUT2D eigenvalue weighted by Gasteiger charge is -2.06. The van der Waals surface area contributed by atoms with Crippen molar-refractivity contribution in [3.05, 3.63) is 58.6 Å². The molecule has 4 nitrogen and oxygen atoms in total. The fourth-order valence-corrected chi connectivity index (χ4v) is 1.98. The summed E-state index contributed by atoms with van der Waals surface area (Å²) in [5.74, 6) is 0.894. The van der Waals surface area contributed by atoms with E-state index in [1.807, 2.05) is 30.3 Å². The van der Waals surface area contributed by atoms with E-state index in [4.69, 9.17) is 14.7 Å². The van der Waals surface area contributed by atoms with Crippen LogP contribution in [-0.2, 0) is 4.79 Å². The lowest BCUT2D eigenvalue weighted by atomic mass is 10.2. The smallest absolute Gasteiger partial charge is 0.311 e. The zero-order chi connectivity index (χ0) is 15.8. The van der Waals surface area contributed by atoms with E-state index in [9.17, 15) is 4.79 Å². The molecule has 0 aliphatic heterocycles. The van der Waals surface area contributed by atoms with Gasteiger partial charge in [0.15, 0.2) is 0 Å². The summed E-state index contributed by atoms with van der Waals surface area (Å²) in [6, 6.07) is 16.0. The third-order valence-corrected chi connectivity index (χ3v) is 3.35. The topological polar surface area (TPSA) is 59.3 Å². The maximum Gasteiger partial charge on any atom is 0.311 e. The van der Waals surface area contributed by atoms with Gasteiger partial charge in [-0.3, -0.25) is 4.79 Å². The molecule has 0 saturated carbocycles. The van der Waals surface area contributed by atoms with Gasteiger partial charge in [-0.2, -0.15) is 5.26 Å². The quantitative estimate of drug-likeness (QED) is 0.442. The van der Waals surface area contributed by atoms with Crippen molar-refractivity contribution in [2.45, 2.75) is 12.8 Å². The Bertz CT molecular complexity index is 660. The zero-order valence-corrected chi connectivity index (χ0v) is 13.4. The predicted octanol–water partition coefficient (Wildman–Crippen LogP) is 4.09. The lowest BCUT2D eigenvalue weighted by Crippen LogP contribution is -2.09. The van der Waals surface area contributed by atoms with Gasteiger partial charge in [-0.1, -0.05) is 15.9 Å². The standard InChI is InChI=1S/C17H14BrNO3/c18-14-5-9-15(10-6-14)21-11-1-2-17(20)22-16-7-3-13(12-19)4-8-16/h3-10H,1-2,11H2. The molecule has 0 aliphatic rings. The highest BCUT2D eigenvalue weighted by molar-refractivity contribution is 9.10. The molecule has 5 heteroatoms. The maximum atomic E-state index is 11.7. The van der Waals surface area contributed by atoms with E-state index in [-0.39, 0.29) is 12.4 Å². The average Bonchev–Trinajstić information content (AvgIpc) is 2.54. The minimum Gasteiger partial charge on any atom is -0.494 e. The van der Waals surface area contributed by atoms with Gasteiger partial charge in [0.25, 0.3) is 0 Å². The van der Waals surface area contributed by atoms with E-state index < -0.39 is 0 Å². The van der Waals surface area contributed by atoms with Crippen LogP contribution in [0.25, 0.3) is 0 Å². The Labute approximate surface area is 137 Å². The molecule has 0 atom stereocenters. The Kier molecular flexibility index (Phi) is 5.99. The second-order valence-electron chi connectivity index (χ2n) is 4.52. The number of hydrogen-bond donors (Lipinski definition) is 0. The number of ether oxygens (including phenoxy) is 2. The van der Waals surface area contributed by atoms with Crippen LogP contribution in [0.4, 0.5) is 0 Å². The van der Waals surface area contributed by atoms with Crippen LogP contribution in [0, 0.1) is 11.3 Å². The Morgan fingerprint density at radius 2 is 1.68 bits per heavy atom. The third kappa shape index (κ3) is 5.23. The molecule has 0 fully saturated rings. The summed E-state index contributed by atoms with van der Waals surface area (Å²) in [5.41, 5.74) is 0.530. The highest BCUT2D eigenvalue weighted by atomic mass is 79.9. The molecule has 0 unspecified atom stereocenters. The van der Waals surface area contributed by atoms with Crippen LogP contribution in [0.2, 0.25) is 0 Å². The Hall–Kier alpha value is -2.32. The molecule has 0 saturated heterocycles. The van der Waals surface area contributed by atoms with Gasteiger partial charge in [0, 0.05) is 10.9 Å². The predicted molar refractivity (Wildman–Crippen MR) is 85.7 cm³/mol. The highest BCUT2D eigenvalue weighted by Gasteiger charge is 2.05. The van der Waals surface area contributed by atoms with Crippen molar-refractivity contribution < 1.29 is 14.3 Å². The summed E-state index contributed by atoms with van der Waals surface area (Å²) in [7, 11) is 0. The number of rotatable bonds is 6. The van der Waals surface area contributed by atoms with Crippen molar-refractivity contribution in [1.29, 1.82) is 5.26 Å². The van der Waals surface area contributed by atoms with E-state index in [1.54, 1.807) is 24.3 Å². The second kappa shape index (κ2) is 8.20. The van der Waals surface area contributed by atoms with Crippen molar-refractivity contribution in [2.75, 3.05) is 6.61 Å². The Morgan fingerprint density at radius 1 is 1.05 bits per heavy atom. The summed E-state index contributed by atoms with van der Waals surface area (Å²) in [6.07, 6.45) is 0.849. The number of carbonyl (C=O) groups excluding carboxylic acids is 1. The summed E-state index contributed by atoms with van der Waals surface area (Å²) in [6.45, 7) is 0.449. The number of esters is 1. The van der Waals surface area contributed by atoms with Crippen LogP contribution >= 0.6 is 15.9 Å². The molecule has 0 spiro atoms. The molecular weight excluding hydrogens is 346 g/mol. The van der Waals surface area contributed by atoms with Crippen molar-refractivity contribution in [2.24, 2.45) is 0 Å². The van der Waals surface area contributed by atoms with E-state index in [2.05, 4.69) is 15.9 Å². The van der Waals surface area contributed by atoms with Gasteiger partial charge in [0.2, 0.25) is 0 Å². The minimum atomic E-state index is -0.316. The van der Waals surface area contributed by atoms with Crippen LogP contribution in [0.5, 0.6) is 11.5 Å². The van der Waals surface area contributed by atoms with Gasteiger partial charge < -0.3 is 9.47 Å². The average molecular weight is 360 g/mol. The molecule has 0 amide bonds. The third-order valence-electron chi connectivity index (χ3n) is 2.82. The first-order chi connectivity index (χ1) is 10.7. The summed E-state index contributed by atoms with van der Waals surface area (Å²) in [5, 5.41) is 8.69. The number of nitrogens with zero attached hydrogens (tertiary/aromatic N) is 1. The Balaban J connectivity index is 1.69. The molecular formula is C17H14BrNO3. The van der Waals surface area contributed by atoms with E-state index in [1.165, 1.54) is 0 Å². The fraction of sp³-hybridized carbons (Fsp3) is 0.176. The first kappa shape index (κ1) is 16.1. The van der Waals surface area contributed by atoms with Gasteiger partial charge in [-0.15, -0.1) is 0 Å². The van der Waals surface area contributed by atoms with Gasteiger partial charge in [0.05, 0.1) is 18.2 Å². The molecule has 0 bridgehead atoms. The zero-order valence-electron chi connectivity index (χ0n) is 11.8. The van der Waals surface area contributed by atoms with Gasteiger partial charge in [0.1, 0.15) is 11.5 Å². The van der Waals surface area contributed by atoms with Crippen LogP contribution in [0.1, 0.15) is 18.4 Å². The first-order valence-electron chi connectivity index (χ1n) is 6.76. The largest absolute Gasteiger partial charge is 0.494 e. The van der Waals surface area contributed by atoms with E-state index >= 15 is 0 Å². The van der Waals surface area contributed by atoms with Crippen LogP contribution in [0.15, 0.2) is 53.0 Å². The number of hydrogen-bond acceptors (Lipinski definition) is 4. The van der Waals surface area contributed by atoms with Crippen molar-refractivity contribution >= 4 is 21.9 Å². The van der Waals surface area contributed by atoms with Gasteiger partial charge in [-0.05, 0) is 55.0 Å². The number of carbonyl (C=O) groups is 1. The molecule has 112 valence electrons. The summed E-state index contributed by atoms with van der Waals surface area (Å²) >= 11 is 3.35. The van der Waals surface area contributed by atoms with Crippen LogP contribution in [0.3, 0.4) is 0 Å². The molecule has 2 aromatic carbocycles. The molecule has 2 rings (SSSR count). The number of halogens is 1. The molecule has 0 N–H and O–H groups in total. The first-order valence-corrected chi connectivity index (χ1v) is 7.56. The van der Waals surface area contributed by atoms with Gasteiger partial charge in [-0.25, -0.2) is 0 Å². The molecule has 2 aromatic rings. The fourth-order valence-electron chi connectivity index (χ4n) is 1.72. The highest BCUT2D eigenvalue weighted by Crippen LogP contribution is 2.16. The molecule has 0 radical (unpaired) electrons. The van der Waals surface area contributed by atoms with Crippen molar-refractivity contribution in [1.82, 2.24) is 0 Å². The lowest BCUT2D eigenvalue weighted by molar-refractivity contribution is -0.134. The molecule has 22 heavy (non-hydrogen) atoms. The Morgan fingerprint density at radius 3 is 2.32 bits per heavy atom. The summed E-state index contributed by atoms with van der Waals surface area (Å²) in [4.78, 5) is 11.7. The van der Waals surface area contributed by atoms with Crippen LogP contribution < -0.4 is 9.47 Å². The van der Waals surface area contributed by atoms with Crippen LogP contribution in [-0.4, -0.2) is 12.6 Å². The van der Waals surface area contributed by atoms with Crippen molar-refractivity contribution in [3.63, 3.8) is 0 Å². The van der Waals surface area contributed by atoms with E-state index in [0.717, 1.165) is 10.2 Å². The number of benzene rings is 2. The van der Waals surface area contributed by atoms with Crippen molar-refractivity contribution in [3.8, 4) is 17.6 Å². The maximum absolute atomic E-state index is 11.7. The monoisotopic (exact) mass is 359 g/mol. The molecule has 0 aromatic heterocycles. The minimum absolute atomic E-state index is 0.274. The number of nitriles is 1. The SMILES string of the molecule is N#Cc1ccc(OC(=O)CCCOc2ccc(Br)cc2)cc1. The van der Waals surface area contributed by atoms with Gasteiger partial charge >= 0.3 is 5.97 Å². The molecule has 0 aliphatic carbocycles. The second-order valence-corrected chi connectivity index (χ2v) is 5.43. The molecule has 0 heterocycles. The normalized spacial score (nSPS) is 9.82. The van der Waals surface area contributed by atoms with E-state index in [0.29, 0.717) is 24.3 Å².